The van der Waals surface area contributed by atoms with Gasteiger partial charge in [-0.1, -0.05) is 30.3 Å². The third kappa shape index (κ3) is 3.74. The Balaban J connectivity index is 2.07. The molecule has 3 nitrogen and oxygen atoms in total. The summed E-state index contributed by atoms with van der Waals surface area (Å²) >= 11 is 0. The normalized spacial score (nSPS) is 13.5. The summed E-state index contributed by atoms with van der Waals surface area (Å²) in [6.07, 6.45) is 0. The molecule has 116 valence electrons. The van der Waals surface area contributed by atoms with E-state index in [1.165, 1.54) is 5.56 Å². The Bertz CT molecular complexity index is 637. The second-order valence-electron chi connectivity index (χ2n) is 5.57. The SMILES string of the molecule is COc1ccc(C(=O)C(C)NC(C)c2ccccc2)cc1C. The van der Waals surface area contributed by atoms with Crippen LogP contribution in [0.3, 0.4) is 0 Å². The van der Waals surface area contributed by atoms with Crippen molar-refractivity contribution < 1.29 is 9.53 Å². The summed E-state index contributed by atoms with van der Waals surface area (Å²) in [5.41, 5.74) is 2.85. The van der Waals surface area contributed by atoms with E-state index in [1.54, 1.807) is 7.11 Å². The number of nitrogens with one attached hydrogen (secondary N) is 1. The maximum absolute atomic E-state index is 12.6. The number of hydrogen-bond donors (Lipinski definition) is 1. The van der Waals surface area contributed by atoms with Crippen molar-refractivity contribution in [3.8, 4) is 5.75 Å². The van der Waals surface area contributed by atoms with Crippen LogP contribution in [0, 0.1) is 6.92 Å². The summed E-state index contributed by atoms with van der Waals surface area (Å²) in [5.74, 6) is 0.892. The van der Waals surface area contributed by atoms with Gasteiger partial charge in [-0.3, -0.25) is 4.79 Å². The van der Waals surface area contributed by atoms with E-state index in [0.717, 1.165) is 11.3 Å². The van der Waals surface area contributed by atoms with Crippen LogP contribution in [0.4, 0.5) is 0 Å². The molecule has 0 saturated carbocycles. The first-order valence-electron chi connectivity index (χ1n) is 7.52. The molecule has 0 amide bonds. The lowest BCUT2D eigenvalue weighted by Crippen LogP contribution is -2.35. The number of ether oxygens (including phenoxy) is 1. The van der Waals surface area contributed by atoms with E-state index in [1.807, 2.05) is 50.2 Å². The molecular weight excluding hydrogens is 274 g/mol. The number of benzene rings is 2. The van der Waals surface area contributed by atoms with Gasteiger partial charge in [0.05, 0.1) is 13.2 Å². The van der Waals surface area contributed by atoms with Crippen molar-refractivity contribution in [2.24, 2.45) is 0 Å². The largest absolute Gasteiger partial charge is 0.496 e. The zero-order valence-electron chi connectivity index (χ0n) is 13.6. The number of methoxy groups -OCH3 is 1. The van der Waals surface area contributed by atoms with Crippen LogP contribution in [0.5, 0.6) is 5.75 Å². The number of aryl methyl sites for hydroxylation is 1. The predicted molar refractivity (Wildman–Crippen MR) is 89.5 cm³/mol. The zero-order valence-corrected chi connectivity index (χ0v) is 13.6. The first-order chi connectivity index (χ1) is 10.5. The van der Waals surface area contributed by atoms with Crippen LogP contribution >= 0.6 is 0 Å². The van der Waals surface area contributed by atoms with Gasteiger partial charge in [-0.05, 0) is 50.1 Å². The van der Waals surface area contributed by atoms with Gasteiger partial charge in [0.2, 0.25) is 0 Å². The van der Waals surface area contributed by atoms with Gasteiger partial charge < -0.3 is 10.1 Å². The number of ketones is 1. The van der Waals surface area contributed by atoms with E-state index in [2.05, 4.69) is 24.4 Å². The topological polar surface area (TPSA) is 38.3 Å². The van der Waals surface area contributed by atoms with E-state index < -0.39 is 0 Å². The third-order valence-electron chi connectivity index (χ3n) is 3.87. The molecule has 2 aromatic rings. The van der Waals surface area contributed by atoms with Crippen LogP contribution in [0.1, 0.15) is 41.4 Å². The fourth-order valence-electron chi connectivity index (χ4n) is 2.57. The van der Waals surface area contributed by atoms with Gasteiger partial charge in [0.25, 0.3) is 0 Å². The van der Waals surface area contributed by atoms with Gasteiger partial charge >= 0.3 is 0 Å². The van der Waals surface area contributed by atoms with Crippen molar-refractivity contribution in [3.63, 3.8) is 0 Å². The zero-order chi connectivity index (χ0) is 16.1. The van der Waals surface area contributed by atoms with E-state index in [4.69, 9.17) is 4.74 Å². The van der Waals surface area contributed by atoms with E-state index in [9.17, 15) is 4.79 Å². The Kier molecular flexibility index (Phi) is 5.34. The maximum atomic E-state index is 12.6. The lowest BCUT2D eigenvalue weighted by atomic mass is 10.0. The second kappa shape index (κ2) is 7.23. The molecule has 0 saturated heterocycles. The molecule has 2 atom stereocenters. The summed E-state index contributed by atoms with van der Waals surface area (Å²) in [5, 5.41) is 3.36. The Morgan fingerprint density at radius 2 is 1.77 bits per heavy atom. The molecule has 0 bridgehead atoms. The minimum Gasteiger partial charge on any atom is -0.496 e. The number of rotatable bonds is 6. The van der Waals surface area contributed by atoms with Crippen molar-refractivity contribution in [1.29, 1.82) is 0 Å². The number of carbonyl (C=O) groups is 1. The molecule has 0 aliphatic heterocycles. The quantitative estimate of drug-likeness (QED) is 0.821. The lowest BCUT2D eigenvalue weighted by Gasteiger charge is -2.20. The molecule has 1 N–H and O–H groups in total. The monoisotopic (exact) mass is 297 g/mol. The van der Waals surface area contributed by atoms with Crippen LogP contribution < -0.4 is 10.1 Å². The van der Waals surface area contributed by atoms with Gasteiger partial charge in [0, 0.05) is 11.6 Å². The van der Waals surface area contributed by atoms with Crippen molar-refractivity contribution >= 4 is 5.78 Å². The number of carbonyl (C=O) groups excluding carboxylic acids is 1. The average molecular weight is 297 g/mol. The molecule has 3 heteroatoms. The highest BCUT2D eigenvalue weighted by Gasteiger charge is 2.18. The molecule has 0 spiro atoms. The van der Waals surface area contributed by atoms with Crippen LogP contribution in [0.15, 0.2) is 48.5 Å². The first-order valence-corrected chi connectivity index (χ1v) is 7.52. The Morgan fingerprint density at radius 3 is 2.36 bits per heavy atom. The molecule has 0 aliphatic carbocycles. The molecule has 22 heavy (non-hydrogen) atoms. The molecule has 0 radical (unpaired) electrons. The molecule has 0 fully saturated rings. The highest BCUT2D eigenvalue weighted by molar-refractivity contribution is 6.00. The van der Waals surface area contributed by atoms with Gasteiger partial charge in [-0.2, -0.15) is 0 Å². The molecule has 2 aromatic carbocycles. The standard InChI is InChI=1S/C19H23NO2/c1-13-12-17(10-11-18(13)22-4)19(21)15(3)20-14(2)16-8-6-5-7-9-16/h5-12,14-15,20H,1-4H3. The van der Waals surface area contributed by atoms with Crippen molar-refractivity contribution in [3.05, 3.63) is 65.2 Å². The summed E-state index contributed by atoms with van der Waals surface area (Å²) in [7, 11) is 1.63. The van der Waals surface area contributed by atoms with Gasteiger partial charge in [0.15, 0.2) is 5.78 Å². The summed E-state index contributed by atoms with van der Waals surface area (Å²) in [4.78, 5) is 12.6. The Hall–Kier alpha value is -2.13. The molecule has 2 unspecified atom stereocenters. The minimum absolute atomic E-state index is 0.0912. The third-order valence-corrected chi connectivity index (χ3v) is 3.87. The summed E-state index contributed by atoms with van der Waals surface area (Å²) < 4.78 is 5.24. The van der Waals surface area contributed by atoms with Crippen molar-refractivity contribution in [2.75, 3.05) is 7.11 Å². The van der Waals surface area contributed by atoms with Crippen molar-refractivity contribution in [1.82, 2.24) is 5.32 Å². The average Bonchev–Trinajstić information content (AvgIpc) is 2.54. The molecular formula is C19H23NO2. The summed E-state index contributed by atoms with van der Waals surface area (Å²) in [6, 6.07) is 15.5. The van der Waals surface area contributed by atoms with E-state index in [0.29, 0.717) is 5.56 Å². The Labute approximate surface area is 132 Å². The highest BCUT2D eigenvalue weighted by atomic mass is 16.5. The fourth-order valence-corrected chi connectivity index (χ4v) is 2.57. The number of Topliss-reactive ketones (excluding diaryl/α,β-unsaturated/α-hetero) is 1. The minimum atomic E-state index is -0.247. The number of hydrogen-bond acceptors (Lipinski definition) is 3. The highest BCUT2D eigenvalue weighted by Crippen LogP contribution is 2.20. The fraction of sp³-hybridized carbons (Fsp3) is 0.316. The predicted octanol–water partition coefficient (Wildman–Crippen LogP) is 3.93. The second-order valence-corrected chi connectivity index (χ2v) is 5.57. The van der Waals surface area contributed by atoms with Crippen LogP contribution in [-0.2, 0) is 0 Å². The van der Waals surface area contributed by atoms with Crippen molar-refractivity contribution in [2.45, 2.75) is 32.9 Å². The van der Waals surface area contributed by atoms with Crippen LogP contribution in [0.2, 0.25) is 0 Å². The maximum Gasteiger partial charge on any atom is 0.179 e. The van der Waals surface area contributed by atoms with Gasteiger partial charge in [-0.25, -0.2) is 0 Å². The van der Waals surface area contributed by atoms with E-state index in [-0.39, 0.29) is 17.9 Å². The first kappa shape index (κ1) is 16.2. The van der Waals surface area contributed by atoms with Crippen LogP contribution in [0.25, 0.3) is 0 Å². The lowest BCUT2D eigenvalue weighted by molar-refractivity contribution is 0.0945. The summed E-state index contributed by atoms with van der Waals surface area (Å²) in [6.45, 7) is 5.92. The molecule has 0 aromatic heterocycles. The molecule has 2 rings (SSSR count). The molecule has 0 aliphatic rings. The van der Waals surface area contributed by atoms with Gasteiger partial charge in [0.1, 0.15) is 5.75 Å². The van der Waals surface area contributed by atoms with E-state index >= 15 is 0 Å². The van der Waals surface area contributed by atoms with Crippen LogP contribution in [-0.4, -0.2) is 18.9 Å². The Morgan fingerprint density at radius 1 is 1.09 bits per heavy atom. The smallest absolute Gasteiger partial charge is 0.179 e. The molecule has 0 heterocycles. The van der Waals surface area contributed by atoms with Gasteiger partial charge in [-0.15, -0.1) is 0 Å².